The van der Waals surface area contributed by atoms with E-state index < -0.39 is 0 Å². The first kappa shape index (κ1) is 37.5. The van der Waals surface area contributed by atoms with Gasteiger partial charge in [-0.05, 0) is 141 Å². The van der Waals surface area contributed by atoms with Crippen molar-refractivity contribution in [3.63, 3.8) is 0 Å². The quantitative estimate of drug-likeness (QED) is 0.142. The van der Waals surface area contributed by atoms with Crippen LogP contribution in [0.4, 0.5) is 34.1 Å². The van der Waals surface area contributed by atoms with E-state index in [4.69, 9.17) is 8.83 Å². The van der Waals surface area contributed by atoms with Crippen LogP contribution in [0.5, 0.6) is 0 Å². The Morgan fingerprint density at radius 2 is 0.636 bits per heavy atom. The van der Waals surface area contributed by atoms with Gasteiger partial charge in [-0.1, -0.05) is 109 Å². The lowest BCUT2D eigenvalue weighted by molar-refractivity contribution is 0.653. The van der Waals surface area contributed by atoms with Crippen LogP contribution < -0.4 is 9.80 Å². The molecule has 0 saturated heterocycles. The van der Waals surface area contributed by atoms with Crippen molar-refractivity contribution in [1.82, 2.24) is 9.97 Å². The Hall–Kier alpha value is -9.00. The topological polar surface area (TPSA) is 58.5 Å². The first-order valence-corrected chi connectivity index (χ1v) is 22.1. The van der Waals surface area contributed by atoms with Gasteiger partial charge >= 0.3 is 0 Å². The Balaban J connectivity index is 0.912. The summed E-state index contributed by atoms with van der Waals surface area (Å²) in [6.07, 6.45) is 3.54. The molecule has 0 aliphatic carbocycles. The van der Waals surface area contributed by atoms with Crippen molar-refractivity contribution in [3.8, 4) is 22.3 Å². The second kappa shape index (κ2) is 15.4. The van der Waals surface area contributed by atoms with Gasteiger partial charge in [-0.2, -0.15) is 0 Å². The van der Waals surface area contributed by atoms with Crippen molar-refractivity contribution < 1.29 is 8.83 Å². The Kier molecular flexibility index (Phi) is 8.74. The average Bonchev–Trinajstić information content (AvgIpc) is 3.95. The third-order valence-electron chi connectivity index (χ3n) is 12.8. The molecule has 13 aromatic rings. The molecule has 6 heteroatoms. The number of nitrogens with zero attached hydrogens (tertiary/aromatic N) is 4. The summed E-state index contributed by atoms with van der Waals surface area (Å²) in [5.74, 6) is 0. The SMILES string of the molecule is c1ccc(-c2ccc(N(c3ccc4c(ccc5cc(N(c6ccc(-c7ccccc7)cc6)c6ccc7c(c6)oc6ncccc67)ccc54)c3)c3ccc4c(c3)oc3ncccc34)cc2)cc1. The van der Waals surface area contributed by atoms with Crippen molar-refractivity contribution in [3.05, 3.63) is 231 Å². The van der Waals surface area contributed by atoms with Gasteiger partial charge in [-0.25, -0.2) is 9.97 Å². The number of furan rings is 2. The molecule has 310 valence electrons. The van der Waals surface area contributed by atoms with Crippen LogP contribution in [0.25, 0.3) is 87.9 Å². The minimum atomic E-state index is 0.637. The number of aromatic nitrogens is 2. The summed E-state index contributed by atoms with van der Waals surface area (Å²) in [5, 5.41) is 8.74. The van der Waals surface area contributed by atoms with Gasteiger partial charge in [0, 0.05) is 80.2 Å². The molecule has 0 amide bonds. The molecule has 6 nitrogen and oxygen atoms in total. The average molecular weight is 847 g/mol. The van der Waals surface area contributed by atoms with Crippen LogP contribution in [0.1, 0.15) is 0 Å². The highest BCUT2D eigenvalue weighted by Crippen LogP contribution is 2.43. The van der Waals surface area contributed by atoms with Crippen molar-refractivity contribution in [2.75, 3.05) is 9.80 Å². The zero-order chi connectivity index (χ0) is 43.6. The van der Waals surface area contributed by atoms with Crippen LogP contribution in [0, 0.1) is 0 Å². The molecule has 0 saturated carbocycles. The molecule has 4 aromatic heterocycles. The summed E-state index contributed by atoms with van der Waals surface area (Å²) in [6, 6.07) is 77.5. The summed E-state index contributed by atoms with van der Waals surface area (Å²) in [5.41, 5.74) is 13.7. The van der Waals surface area contributed by atoms with Crippen LogP contribution in [0.2, 0.25) is 0 Å². The van der Waals surface area contributed by atoms with E-state index in [0.717, 1.165) is 88.7 Å². The second-order valence-electron chi connectivity index (χ2n) is 16.7. The van der Waals surface area contributed by atoms with Crippen molar-refractivity contribution in [2.45, 2.75) is 0 Å². The normalized spacial score (nSPS) is 11.6. The maximum absolute atomic E-state index is 6.30. The number of benzene rings is 9. The fraction of sp³-hybridized carbons (Fsp3) is 0. The Morgan fingerprint density at radius 1 is 0.273 bits per heavy atom. The Morgan fingerprint density at radius 3 is 1.06 bits per heavy atom. The number of fused-ring (bicyclic) bond motifs is 9. The summed E-state index contributed by atoms with van der Waals surface area (Å²) in [6.45, 7) is 0. The Labute approximate surface area is 379 Å². The van der Waals surface area contributed by atoms with Crippen LogP contribution in [-0.2, 0) is 0 Å². The van der Waals surface area contributed by atoms with E-state index >= 15 is 0 Å². The molecule has 66 heavy (non-hydrogen) atoms. The highest BCUT2D eigenvalue weighted by Gasteiger charge is 2.20. The van der Waals surface area contributed by atoms with Crippen molar-refractivity contribution in [1.29, 1.82) is 0 Å². The minimum Gasteiger partial charge on any atom is -0.438 e. The number of pyridine rings is 2. The molecular weight excluding hydrogens is 809 g/mol. The molecule has 13 rings (SSSR count). The number of anilines is 6. The van der Waals surface area contributed by atoms with Gasteiger partial charge < -0.3 is 18.6 Å². The summed E-state index contributed by atoms with van der Waals surface area (Å²) < 4.78 is 12.6. The van der Waals surface area contributed by atoms with Crippen molar-refractivity contribution >= 4 is 99.8 Å². The van der Waals surface area contributed by atoms with Crippen LogP contribution in [0.15, 0.2) is 240 Å². The van der Waals surface area contributed by atoms with Gasteiger partial charge in [0.05, 0.1) is 0 Å². The molecule has 0 spiro atoms. The zero-order valence-corrected chi connectivity index (χ0v) is 35.5. The maximum Gasteiger partial charge on any atom is 0.227 e. The molecule has 0 bridgehead atoms. The van der Waals surface area contributed by atoms with E-state index in [0.29, 0.717) is 11.4 Å². The minimum absolute atomic E-state index is 0.637. The summed E-state index contributed by atoms with van der Waals surface area (Å²) in [7, 11) is 0. The lowest BCUT2D eigenvalue weighted by Gasteiger charge is -2.27. The van der Waals surface area contributed by atoms with E-state index in [1.807, 2.05) is 12.1 Å². The fourth-order valence-electron chi connectivity index (χ4n) is 9.56. The molecular formula is C60H38N4O2. The van der Waals surface area contributed by atoms with Gasteiger partial charge in [0.15, 0.2) is 0 Å². The number of hydrogen-bond acceptors (Lipinski definition) is 6. The van der Waals surface area contributed by atoms with E-state index in [9.17, 15) is 0 Å². The predicted molar refractivity (Wildman–Crippen MR) is 272 cm³/mol. The molecule has 0 atom stereocenters. The standard InChI is InChI=1S/C60H38N4O2/c1-3-9-39(10-4-1)41-17-21-45(22-18-41)63(49-27-31-53-55-13-7-33-61-59(55)65-57(53)37-49)47-25-29-51-43(35-47)15-16-44-36-48(26-30-52(44)51)64(46-23-19-42(20-24-46)40-11-5-2-6-12-40)50-28-32-54-56-14-8-34-62-60(56)66-58(54)38-50/h1-38H. The van der Waals surface area contributed by atoms with Crippen LogP contribution >= 0.6 is 0 Å². The van der Waals surface area contributed by atoms with Crippen LogP contribution in [-0.4, -0.2) is 9.97 Å². The largest absolute Gasteiger partial charge is 0.438 e. The highest BCUT2D eigenvalue weighted by atomic mass is 16.3. The monoisotopic (exact) mass is 846 g/mol. The fourth-order valence-corrected chi connectivity index (χ4v) is 9.56. The zero-order valence-electron chi connectivity index (χ0n) is 35.5. The number of rotatable bonds is 8. The lowest BCUT2D eigenvalue weighted by Crippen LogP contribution is -2.10. The molecule has 0 radical (unpaired) electrons. The third kappa shape index (κ3) is 6.42. The van der Waals surface area contributed by atoms with Gasteiger partial charge in [0.2, 0.25) is 11.4 Å². The first-order valence-electron chi connectivity index (χ1n) is 22.1. The smallest absolute Gasteiger partial charge is 0.227 e. The van der Waals surface area contributed by atoms with Gasteiger partial charge in [-0.3, -0.25) is 0 Å². The lowest BCUT2D eigenvalue weighted by atomic mass is 9.99. The molecule has 9 aromatic carbocycles. The summed E-state index contributed by atoms with van der Waals surface area (Å²) >= 11 is 0. The van der Waals surface area contributed by atoms with E-state index in [-0.39, 0.29) is 0 Å². The van der Waals surface area contributed by atoms with Crippen LogP contribution in [0.3, 0.4) is 0 Å². The van der Waals surface area contributed by atoms with Gasteiger partial charge in [0.25, 0.3) is 0 Å². The first-order chi connectivity index (χ1) is 32.7. The molecule has 0 aliphatic rings. The van der Waals surface area contributed by atoms with Gasteiger partial charge in [0.1, 0.15) is 11.2 Å². The van der Waals surface area contributed by atoms with E-state index in [1.54, 1.807) is 12.4 Å². The third-order valence-corrected chi connectivity index (χ3v) is 12.8. The van der Waals surface area contributed by atoms with Crippen molar-refractivity contribution in [2.24, 2.45) is 0 Å². The summed E-state index contributed by atoms with van der Waals surface area (Å²) in [4.78, 5) is 13.6. The number of hydrogen-bond donors (Lipinski definition) is 0. The highest BCUT2D eigenvalue weighted by molar-refractivity contribution is 6.11. The predicted octanol–water partition coefficient (Wildman–Crippen LogP) is 16.9. The second-order valence-corrected chi connectivity index (χ2v) is 16.7. The van der Waals surface area contributed by atoms with E-state index in [1.165, 1.54) is 21.9 Å². The molecule has 0 fully saturated rings. The van der Waals surface area contributed by atoms with Gasteiger partial charge in [-0.15, -0.1) is 0 Å². The molecule has 0 unspecified atom stereocenters. The molecule has 0 aliphatic heterocycles. The maximum atomic E-state index is 6.30. The Bertz CT molecular complexity index is 3680. The molecule has 0 N–H and O–H groups in total. The van der Waals surface area contributed by atoms with E-state index in [2.05, 4.69) is 226 Å². The molecule has 4 heterocycles.